The molecule has 154 valence electrons. The molecule has 1 aromatic carbocycles. The lowest BCUT2D eigenvalue weighted by Gasteiger charge is -2.34. The van der Waals surface area contributed by atoms with E-state index in [0.29, 0.717) is 6.10 Å². The molecule has 0 saturated carbocycles. The van der Waals surface area contributed by atoms with Crippen LogP contribution in [0.4, 0.5) is 5.69 Å². The Balaban J connectivity index is 0.00000364. The quantitative estimate of drug-likeness (QED) is 0.263. The summed E-state index contributed by atoms with van der Waals surface area (Å²) in [5, 5.41) is 3.48. The second kappa shape index (κ2) is 13.2. The van der Waals surface area contributed by atoms with Crippen molar-refractivity contribution in [3.63, 3.8) is 0 Å². The minimum absolute atomic E-state index is 0. The highest BCUT2D eigenvalue weighted by molar-refractivity contribution is 14.0. The normalized spacial score (nSPS) is 15.4. The lowest BCUT2D eigenvalue weighted by molar-refractivity contribution is 0.00989. The molecule has 2 rings (SSSR count). The van der Waals surface area contributed by atoms with Crippen LogP contribution in [0.5, 0.6) is 0 Å². The molecule has 6 nitrogen and oxygen atoms in total. The molecule has 1 heterocycles. The maximum absolute atomic E-state index is 5.94. The molecule has 27 heavy (non-hydrogen) atoms. The van der Waals surface area contributed by atoms with Crippen molar-refractivity contribution in [1.29, 1.82) is 0 Å². The van der Waals surface area contributed by atoms with E-state index in [-0.39, 0.29) is 24.0 Å². The highest BCUT2D eigenvalue weighted by atomic mass is 127. The van der Waals surface area contributed by atoms with Crippen molar-refractivity contribution >= 4 is 35.6 Å². The van der Waals surface area contributed by atoms with Gasteiger partial charge in [-0.25, -0.2) is 0 Å². The van der Waals surface area contributed by atoms with Crippen LogP contribution in [-0.4, -0.2) is 71.5 Å². The molecule has 0 radical (unpaired) electrons. The summed E-state index contributed by atoms with van der Waals surface area (Å²) in [5.41, 5.74) is 2.47. The summed E-state index contributed by atoms with van der Waals surface area (Å²) < 4.78 is 11.0. The predicted octanol–water partition coefficient (Wildman–Crippen LogP) is 2.96. The molecular formula is C20H35IN4O2. The van der Waals surface area contributed by atoms with Crippen LogP contribution in [0.15, 0.2) is 29.3 Å². The number of benzene rings is 1. The number of nitrogens with one attached hydrogen (secondary N) is 1. The van der Waals surface area contributed by atoms with Gasteiger partial charge in [-0.1, -0.05) is 12.1 Å². The van der Waals surface area contributed by atoms with Gasteiger partial charge in [0.1, 0.15) is 0 Å². The predicted molar refractivity (Wildman–Crippen MR) is 123 cm³/mol. The summed E-state index contributed by atoms with van der Waals surface area (Å²) in [6, 6.07) is 8.61. The minimum atomic E-state index is 0. The molecule has 0 aromatic heterocycles. The zero-order chi connectivity index (χ0) is 18.8. The largest absolute Gasteiger partial charge is 0.385 e. The first kappa shape index (κ1) is 24.0. The Labute approximate surface area is 181 Å². The highest BCUT2D eigenvalue weighted by Crippen LogP contribution is 2.15. The van der Waals surface area contributed by atoms with Gasteiger partial charge in [0, 0.05) is 66.8 Å². The Hall–Kier alpha value is -1.06. The van der Waals surface area contributed by atoms with E-state index in [9.17, 15) is 0 Å². The summed E-state index contributed by atoms with van der Waals surface area (Å²) in [6.07, 6.45) is 3.42. The molecule has 0 amide bonds. The number of methoxy groups -OCH3 is 1. The van der Waals surface area contributed by atoms with Crippen molar-refractivity contribution in [1.82, 2.24) is 10.2 Å². The maximum atomic E-state index is 5.94. The van der Waals surface area contributed by atoms with E-state index >= 15 is 0 Å². The molecule has 1 aromatic rings. The number of ether oxygens (including phenoxy) is 2. The van der Waals surface area contributed by atoms with E-state index in [1.54, 1.807) is 7.11 Å². The van der Waals surface area contributed by atoms with Gasteiger partial charge in [-0.3, -0.25) is 4.99 Å². The van der Waals surface area contributed by atoms with Crippen molar-refractivity contribution in [3.05, 3.63) is 29.8 Å². The van der Waals surface area contributed by atoms with Crippen molar-refractivity contribution in [2.75, 3.05) is 59.5 Å². The standard InChI is InChI=1S/C20H34N4O2.HI/c1-21-20(22-16-17-6-8-18(9-7-17)23(2)3)24-12-10-19(11-13-24)26-15-5-14-25-4;/h6-9,19H,5,10-16H2,1-4H3,(H,21,22);1H. The van der Waals surface area contributed by atoms with Crippen LogP contribution in [0.3, 0.4) is 0 Å². The minimum Gasteiger partial charge on any atom is -0.385 e. The number of nitrogens with zero attached hydrogens (tertiary/aromatic N) is 3. The summed E-state index contributed by atoms with van der Waals surface area (Å²) >= 11 is 0. The molecule has 1 aliphatic rings. The summed E-state index contributed by atoms with van der Waals surface area (Å²) in [6.45, 7) is 4.30. The van der Waals surface area contributed by atoms with Gasteiger partial charge in [0.2, 0.25) is 0 Å². The van der Waals surface area contributed by atoms with Crippen LogP contribution < -0.4 is 10.2 Å². The van der Waals surface area contributed by atoms with Crippen molar-refractivity contribution in [2.45, 2.75) is 31.9 Å². The number of halogens is 1. The van der Waals surface area contributed by atoms with E-state index < -0.39 is 0 Å². The Kier molecular flexibility index (Phi) is 11.7. The molecule has 1 N–H and O–H groups in total. The lowest BCUT2D eigenvalue weighted by Crippen LogP contribution is -2.46. The Morgan fingerprint density at radius 2 is 1.85 bits per heavy atom. The number of piperidine rings is 1. The SMILES string of the molecule is CN=C(NCc1ccc(N(C)C)cc1)N1CCC(OCCCOC)CC1.I. The highest BCUT2D eigenvalue weighted by Gasteiger charge is 2.21. The average molecular weight is 490 g/mol. The third-order valence-corrected chi connectivity index (χ3v) is 4.70. The molecule has 0 spiro atoms. The fourth-order valence-electron chi connectivity index (χ4n) is 3.11. The van der Waals surface area contributed by atoms with Crippen molar-refractivity contribution < 1.29 is 9.47 Å². The van der Waals surface area contributed by atoms with Gasteiger partial charge < -0.3 is 24.6 Å². The van der Waals surface area contributed by atoms with Crippen LogP contribution in [0.25, 0.3) is 0 Å². The Bertz CT molecular complexity index is 543. The van der Waals surface area contributed by atoms with Crippen molar-refractivity contribution in [3.8, 4) is 0 Å². The number of anilines is 1. The van der Waals surface area contributed by atoms with Gasteiger partial charge in [-0.2, -0.15) is 0 Å². The fraction of sp³-hybridized carbons (Fsp3) is 0.650. The molecular weight excluding hydrogens is 455 g/mol. The first-order chi connectivity index (χ1) is 12.6. The number of aliphatic imine (C=N–C) groups is 1. The molecule has 0 unspecified atom stereocenters. The van der Waals surface area contributed by atoms with E-state index in [1.807, 2.05) is 7.05 Å². The van der Waals surface area contributed by atoms with E-state index in [4.69, 9.17) is 9.47 Å². The third kappa shape index (κ3) is 8.23. The molecule has 0 aliphatic carbocycles. The zero-order valence-corrected chi connectivity index (χ0v) is 19.4. The van der Waals surface area contributed by atoms with Gasteiger partial charge in [0.05, 0.1) is 6.10 Å². The van der Waals surface area contributed by atoms with Gasteiger partial charge in [-0.05, 0) is 37.0 Å². The molecule has 0 bridgehead atoms. The smallest absolute Gasteiger partial charge is 0.193 e. The molecule has 1 aliphatic heterocycles. The Morgan fingerprint density at radius 3 is 2.41 bits per heavy atom. The van der Waals surface area contributed by atoms with Crippen LogP contribution in [0.1, 0.15) is 24.8 Å². The average Bonchev–Trinajstić information content (AvgIpc) is 2.67. The Morgan fingerprint density at radius 1 is 1.19 bits per heavy atom. The maximum Gasteiger partial charge on any atom is 0.193 e. The van der Waals surface area contributed by atoms with E-state index in [1.165, 1.54) is 11.3 Å². The van der Waals surface area contributed by atoms with E-state index in [2.05, 4.69) is 58.5 Å². The molecule has 7 heteroatoms. The van der Waals surface area contributed by atoms with Crippen molar-refractivity contribution in [2.24, 2.45) is 4.99 Å². The summed E-state index contributed by atoms with van der Waals surface area (Å²) in [5.74, 6) is 0.972. The number of guanidine groups is 1. The summed E-state index contributed by atoms with van der Waals surface area (Å²) in [7, 11) is 7.69. The number of rotatable bonds is 8. The van der Waals surface area contributed by atoms with Gasteiger partial charge >= 0.3 is 0 Å². The molecule has 0 atom stereocenters. The third-order valence-electron chi connectivity index (χ3n) is 4.70. The number of likely N-dealkylation sites (tertiary alicyclic amines) is 1. The van der Waals surface area contributed by atoms with Gasteiger partial charge in [0.15, 0.2) is 5.96 Å². The van der Waals surface area contributed by atoms with Crippen LogP contribution in [0.2, 0.25) is 0 Å². The van der Waals surface area contributed by atoms with E-state index in [0.717, 1.165) is 58.1 Å². The second-order valence-corrected chi connectivity index (χ2v) is 6.87. The monoisotopic (exact) mass is 490 g/mol. The van der Waals surface area contributed by atoms with Crippen LogP contribution in [-0.2, 0) is 16.0 Å². The van der Waals surface area contributed by atoms with Crippen LogP contribution in [0, 0.1) is 0 Å². The first-order valence-corrected chi connectivity index (χ1v) is 9.46. The van der Waals surface area contributed by atoms with Crippen LogP contribution >= 0.6 is 24.0 Å². The number of hydrogen-bond donors (Lipinski definition) is 1. The van der Waals surface area contributed by atoms with Gasteiger partial charge in [0.25, 0.3) is 0 Å². The van der Waals surface area contributed by atoms with Gasteiger partial charge in [-0.15, -0.1) is 24.0 Å². The molecule has 1 fully saturated rings. The number of hydrogen-bond acceptors (Lipinski definition) is 4. The fourth-order valence-corrected chi connectivity index (χ4v) is 3.11. The molecule has 1 saturated heterocycles. The topological polar surface area (TPSA) is 49.3 Å². The lowest BCUT2D eigenvalue weighted by atomic mass is 10.1. The zero-order valence-electron chi connectivity index (χ0n) is 17.1. The second-order valence-electron chi connectivity index (χ2n) is 6.87. The summed E-state index contributed by atoms with van der Waals surface area (Å²) in [4.78, 5) is 8.88. The first-order valence-electron chi connectivity index (χ1n) is 9.46.